The predicted molar refractivity (Wildman–Crippen MR) is 147 cm³/mol. The van der Waals surface area contributed by atoms with E-state index in [4.69, 9.17) is 28.4 Å². The van der Waals surface area contributed by atoms with Crippen molar-refractivity contribution in [2.45, 2.75) is 32.3 Å². The van der Waals surface area contributed by atoms with Crippen LogP contribution in [0.4, 0.5) is 0 Å². The highest BCUT2D eigenvalue weighted by atomic mass is 79.9. The molecule has 0 saturated carbocycles. The molecule has 1 aliphatic heterocycles. The van der Waals surface area contributed by atoms with Crippen molar-refractivity contribution in [2.75, 3.05) is 34.5 Å². The monoisotopic (exact) mass is 568 g/mol. The van der Waals surface area contributed by atoms with Gasteiger partial charge in [-0.2, -0.15) is 0 Å². The number of methoxy groups -OCH3 is 3. The molecule has 6 nitrogen and oxygen atoms in total. The molecule has 196 valence electrons. The molecule has 0 amide bonds. The van der Waals surface area contributed by atoms with E-state index in [1.54, 1.807) is 27.4 Å². The van der Waals surface area contributed by atoms with Crippen LogP contribution in [0.5, 0.6) is 17.2 Å². The topological polar surface area (TPSA) is 55.4 Å². The van der Waals surface area contributed by atoms with Gasteiger partial charge in [0.25, 0.3) is 0 Å². The first-order valence-electron chi connectivity index (χ1n) is 12.2. The molecule has 37 heavy (non-hydrogen) atoms. The summed E-state index contributed by atoms with van der Waals surface area (Å²) in [6, 6.07) is 15.8. The Morgan fingerprint density at radius 3 is 2.32 bits per heavy atom. The molecule has 0 aliphatic carbocycles. The van der Waals surface area contributed by atoms with Gasteiger partial charge < -0.3 is 28.4 Å². The molecule has 1 unspecified atom stereocenters. The maximum absolute atomic E-state index is 6.63. The van der Waals surface area contributed by atoms with Gasteiger partial charge in [-0.05, 0) is 46.5 Å². The Morgan fingerprint density at radius 1 is 0.973 bits per heavy atom. The van der Waals surface area contributed by atoms with Crippen LogP contribution >= 0.6 is 15.9 Å². The average molecular weight is 569 g/mol. The molecule has 0 spiro atoms. The summed E-state index contributed by atoms with van der Waals surface area (Å²) in [5, 5.41) is 0. The van der Waals surface area contributed by atoms with Gasteiger partial charge in [-0.15, -0.1) is 0 Å². The van der Waals surface area contributed by atoms with Crippen LogP contribution in [-0.2, 0) is 20.8 Å². The van der Waals surface area contributed by atoms with E-state index in [9.17, 15) is 0 Å². The Balaban J connectivity index is 2.00. The molecule has 1 fully saturated rings. The van der Waals surface area contributed by atoms with Gasteiger partial charge in [-0.25, -0.2) is 0 Å². The van der Waals surface area contributed by atoms with Crippen LogP contribution in [0.1, 0.15) is 52.2 Å². The fraction of sp³-hybridized carbons (Fsp3) is 0.333. The van der Waals surface area contributed by atoms with Gasteiger partial charge in [0.05, 0.1) is 37.5 Å². The summed E-state index contributed by atoms with van der Waals surface area (Å²) in [6.45, 7) is 7.54. The van der Waals surface area contributed by atoms with Crippen molar-refractivity contribution >= 4 is 22.0 Å². The van der Waals surface area contributed by atoms with Gasteiger partial charge in [-0.3, -0.25) is 0 Å². The van der Waals surface area contributed by atoms with Crippen molar-refractivity contribution in [3.63, 3.8) is 0 Å². The van der Waals surface area contributed by atoms with Crippen LogP contribution in [0.3, 0.4) is 0 Å². The number of hydrogen-bond acceptors (Lipinski definition) is 6. The normalized spacial score (nSPS) is 14.7. The minimum absolute atomic E-state index is 0.350. The second-order valence-electron chi connectivity index (χ2n) is 8.61. The summed E-state index contributed by atoms with van der Waals surface area (Å²) in [6.07, 6.45) is 1.44. The molecular weight excluding hydrogens is 536 g/mol. The molecule has 0 bridgehead atoms. The van der Waals surface area contributed by atoms with Gasteiger partial charge in [0.2, 0.25) is 0 Å². The fourth-order valence-corrected chi connectivity index (χ4v) is 5.55. The summed E-state index contributed by atoms with van der Waals surface area (Å²) >= 11 is 3.83. The average Bonchev–Trinajstić information content (AvgIpc) is 2.94. The van der Waals surface area contributed by atoms with E-state index < -0.39 is 12.4 Å². The van der Waals surface area contributed by atoms with Crippen LogP contribution in [0.25, 0.3) is 6.08 Å². The molecule has 1 atom stereocenters. The van der Waals surface area contributed by atoms with E-state index in [0.717, 1.165) is 44.3 Å². The summed E-state index contributed by atoms with van der Waals surface area (Å²) < 4.78 is 37.4. The zero-order valence-electron chi connectivity index (χ0n) is 21.7. The van der Waals surface area contributed by atoms with Crippen molar-refractivity contribution in [3.05, 3.63) is 93.0 Å². The van der Waals surface area contributed by atoms with E-state index in [2.05, 4.69) is 22.5 Å². The molecule has 1 heterocycles. The molecule has 1 aliphatic rings. The Kier molecular flexibility index (Phi) is 9.27. The third kappa shape index (κ3) is 5.55. The quantitative estimate of drug-likeness (QED) is 0.258. The molecule has 1 saturated heterocycles. The number of hydrogen-bond donors (Lipinski definition) is 0. The molecule has 0 N–H and O–H groups in total. The minimum Gasteiger partial charge on any atom is -0.496 e. The standard InChI is InChI=1S/C30H33BrO6/c1-6-21-14-10-15-22(32-3)24(21)28(34-5)25-26(31)27(33-4)19(2)23(30-35-16-11-17-36-30)29(25)37-18-20-12-8-7-9-13-20/h6-10,12-15,28,30H,1,11,16-18H2,2-5H3. The van der Waals surface area contributed by atoms with Crippen LogP contribution < -0.4 is 14.2 Å². The lowest BCUT2D eigenvalue weighted by atomic mass is 9.91. The maximum atomic E-state index is 6.63. The van der Waals surface area contributed by atoms with Crippen LogP contribution in [0, 0.1) is 6.92 Å². The van der Waals surface area contributed by atoms with Crippen LogP contribution in [0.2, 0.25) is 0 Å². The van der Waals surface area contributed by atoms with Gasteiger partial charge in [0.1, 0.15) is 30.0 Å². The molecule has 0 radical (unpaired) electrons. The molecule has 7 heteroatoms. The second-order valence-corrected chi connectivity index (χ2v) is 9.41. The highest BCUT2D eigenvalue weighted by Crippen LogP contribution is 2.51. The lowest BCUT2D eigenvalue weighted by Crippen LogP contribution is -2.21. The predicted octanol–water partition coefficient (Wildman–Crippen LogP) is 7.17. The van der Waals surface area contributed by atoms with Crippen LogP contribution in [0.15, 0.2) is 59.6 Å². The zero-order valence-corrected chi connectivity index (χ0v) is 23.3. The largest absolute Gasteiger partial charge is 0.496 e. The summed E-state index contributed by atoms with van der Waals surface area (Å²) in [5.41, 5.74) is 5.15. The lowest BCUT2D eigenvalue weighted by Gasteiger charge is -2.32. The van der Waals surface area contributed by atoms with Gasteiger partial charge in [-0.1, -0.05) is 55.1 Å². The Hall–Kier alpha value is -2.84. The molecule has 3 aromatic rings. The number of rotatable bonds is 10. The van der Waals surface area contributed by atoms with Gasteiger partial charge >= 0.3 is 0 Å². The third-order valence-electron chi connectivity index (χ3n) is 6.46. The zero-order chi connectivity index (χ0) is 26.4. The highest BCUT2D eigenvalue weighted by Gasteiger charge is 2.35. The number of halogens is 1. The smallest absolute Gasteiger partial charge is 0.187 e. The molecule has 0 aromatic heterocycles. The Labute approximate surface area is 227 Å². The molecule has 3 aromatic carbocycles. The van der Waals surface area contributed by atoms with Gasteiger partial charge in [0, 0.05) is 23.8 Å². The van der Waals surface area contributed by atoms with E-state index in [1.165, 1.54) is 0 Å². The Bertz CT molecular complexity index is 1220. The highest BCUT2D eigenvalue weighted by molar-refractivity contribution is 9.10. The van der Waals surface area contributed by atoms with Crippen molar-refractivity contribution in [1.82, 2.24) is 0 Å². The maximum Gasteiger partial charge on any atom is 0.187 e. The summed E-state index contributed by atoms with van der Waals surface area (Å²) in [7, 11) is 4.95. The van der Waals surface area contributed by atoms with Crippen molar-refractivity contribution < 1.29 is 28.4 Å². The lowest BCUT2D eigenvalue weighted by molar-refractivity contribution is -0.184. The first kappa shape index (κ1) is 27.2. The molecular formula is C30H33BrO6. The third-order valence-corrected chi connectivity index (χ3v) is 7.25. The number of ether oxygens (including phenoxy) is 6. The first-order chi connectivity index (χ1) is 18.0. The van der Waals surface area contributed by atoms with Crippen molar-refractivity contribution in [2.24, 2.45) is 0 Å². The van der Waals surface area contributed by atoms with Crippen LogP contribution in [-0.4, -0.2) is 34.5 Å². The second kappa shape index (κ2) is 12.6. The number of benzene rings is 3. The van der Waals surface area contributed by atoms with Gasteiger partial charge in [0.15, 0.2) is 6.29 Å². The van der Waals surface area contributed by atoms with E-state index in [-0.39, 0.29) is 0 Å². The van der Waals surface area contributed by atoms with Crippen molar-refractivity contribution in [1.29, 1.82) is 0 Å². The minimum atomic E-state index is -0.602. The summed E-state index contributed by atoms with van der Waals surface area (Å²) in [5.74, 6) is 1.96. The van der Waals surface area contributed by atoms with E-state index in [0.29, 0.717) is 37.1 Å². The van der Waals surface area contributed by atoms with Crippen molar-refractivity contribution in [3.8, 4) is 17.2 Å². The SMILES string of the molecule is C=Cc1cccc(OC)c1C(OC)c1c(Br)c(OC)c(C)c(C2OCCCO2)c1OCc1ccccc1. The first-order valence-corrected chi connectivity index (χ1v) is 13.0. The Morgan fingerprint density at radius 2 is 1.70 bits per heavy atom. The van der Waals surface area contributed by atoms with E-state index >= 15 is 0 Å². The fourth-order valence-electron chi connectivity index (χ4n) is 4.70. The summed E-state index contributed by atoms with van der Waals surface area (Å²) in [4.78, 5) is 0. The molecule has 4 rings (SSSR count). The van der Waals surface area contributed by atoms with E-state index in [1.807, 2.05) is 55.5 Å².